The van der Waals surface area contributed by atoms with Crippen molar-refractivity contribution in [2.45, 2.75) is 13.5 Å². The molecule has 0 aliphatic rings. The van der Waals surface area contributed by atoms with Crippen molar-refractivity contribution in [1.82, 2.24) is 14.5 Å². The van der Waals surface area contributed by atoms with Crippen molar-refractivity contribution in [1.29, 1.82) is 0 Å². The molecule has 0 spiro atoms. The Kier molecular flexibility index (Phi) is 4.36. The average Bonchev–Trinajstić information content (AvgIpc) is 3.18. The molecule has 140 valence electrons. The highest BCUT2D eigenvalue weighted by Gasteiger charge is 2.16. The Bertz CT molecular complexity index is 1290. The van der Waals surface area contributed by atoms with Crippen LogP contribution < -0.4 is 16.6 Å². The van der Waals surface area contributed by atoms with Gasteiger partial charge in [-0.1, -0.05) is 6.07 Å². The summed E-state index contributed by atoms with van der Waals surface area (Å²) in [6.45, 7) is 1.81. The van der Waals surface area contributed by atoms with Gasteiger partial charge in [0, 0.05) is 17.3 Å². The van der Waals surface area contributed by atoms with Crippen LogP contribution in [-0.2, 0) is 6.54 Å². The molecule has 0 fully saturated rings. The highest BCUT2D eigenvalue weighted by Crippen LogP contribution is 2.22. The molecular formula is C20H16N4O4. The number of pyridine rings is 1. The smallest absolute Gasteiger partial charge is 0.328 e. The third-order valence-corrected chi connectivity index (χ3v) is 4.32. The molecule has 0 atom stereocenters. The number of aromatic nitrogens is 3. The molecule has 0 radical (unpaired) electrons. The molecule has 1 aromatic carbocycles. The Balaban J connectivity index is 1.70. The third kappa shape index (κ3) is 3.23. The normalized spacial score (nSPS) is 10.9. The van der Waals surface area contributed by atoms with Gasteiger partial charge in [0.05, 0.1) is 24.0 Å². The monoisotopic (exact) mass is 376 g/mol. The molecule has 4 rings (SSSR count). The van der Waals surface area contributed by atoms with Crippen molar-refractivity contribution >= 4 is 22.5 Å². The summed E-state index contributed by atoms with van der Waals surface area (Å²) in [4.78, 5) is 44.3. The lowest BCUT2D eigenvalue weighted by atomic mass is 10.1. The number of H-pyrrole nitrogens is 1. The molecule has 0 bridgehead atoms. The molecule has 0 aliphatic carbocycles. The number of anilines is 1. The highest BCUT2D eigenvalue weighted by molar-refractivity contribution is 6.08. The largest absolute Gasteiger partial charge is 0.467 e. The summed E-state index contributed by atoms with van der Waals surface area (Å²) in [5, 5.41) is 3.48. The number of furan rings is 1. The predicted molar refractivity (Wildman–Crippen MR) is 104 cm³/mol. The Morgan fingerprint density at radius 3 is 2.82 bits per heavy atom. The first-order valence-electron chi connectivity index (χ1n) is 8.55. The van der Waals surface area contributed by atoms with Gasteiger partial charge in [0.25, 0.3) is 11.5 Å². The number of fused-ring (bicyclic) bond motifs is 1. The first kappa shape index (κ1) is 17.5. The number of hydrogen-bond acceptors (Lipinski definition) is 5. The first-order chi connectivity index (χ1) is 13.5. The fraction of sp³-hybridized carbons (Fsp3) is 0.100. The van der Waals surface area contributed by atoms with Crippen LogP contribution in [0.5, 0.6) is 0 Å². The number of aromatic amines is 1. The van der Waals surface area contributed by atoms with E-state index in [9.17, 15) is 14.4 Å². The number of nitrogens with one attached hydrogen (secondary N) is 2. The fourth-order valence-corrected chi connectivity index (χ4v) is 2.93. The number of nitrogens with zero attached hydrogens (tertiary/aromatic N) is 2. The van der Waals surface area contributed by atoms with Crippen molar-refractivity contribution in [3.05, 3.63) is 92.8 Å². The lowest BCUT2D eigenvalue weighted by molar-refractivity contribution is 0.102. The van der Waals surface area contributed by atoms with Crippen molar-refractivity contribution in [3.8, 4) is 0 Å². The minimum absolute atomic E-state index is 0.0697. The molecular weight excluding hydrogens is 360 g/mol. The predicted octanol–water partition coefficient (Wildman–Crippen LogP) is 2.29. The third-order valence-electron chi connectivity index (χ3n) is 4.32. The van der Waals surface area contributed by atoms with Gasteiger partial charge < -0.3 is 14.7 Å². The summed E-state index contributed by atoms with van der Waals surface area (Å²) in [6.07, 6.45) is 2.56. The van der Waals surface area contributed by atoms with Gasteiger partial charge >= 0.3 is 5.69 Å². The Morgan fingerprint density at radius 2 is 2.04 bits per heavy atom. The molecule has 1 amide bonds. The second-order valence-electron chi connectivity index (χ2n) is 6.26. The van der Waals surface area contributed by atoms with Gasteiger partial charge in [-0.25, -0.2) is 4.79 Å². The number of amides is 1. The van der Waals surface area contributed by atoms with Crippen LogP contribution in [0.4, 0.5) is 5.69 Å². The van der Waals surface area contributed by atoms with E-state index in [2.05, 4.69) is 15.3 Å². The van der Waals surface area contributed by atoms with Crippen LogP contribution in [0.15, 0.2) is 68.9 Å². The number of hydrogen-bond donors (Lipinski definition) is 2. The van der Waals surface area contributed by atoms with E-state index in [1.165, 1.54) is 6.26 Å². The van der Waals surface area contributed by atoms with Crippen LogP contribution in [0, 0.1) is 6.92 Å². The zero-order valence-corrected chi connectivity index (χ0v) is 14.9. The number of aryl methyl sites for hydroxylation is 1. The summed E-state index contributed by atoms with van der Waals surface area (Å²) >= 11 is 0. The molecule has 28 heavy (non-hydrogen) atoms. The quantitative estimate of drug-likeness (QED) is 0.568. The van der Waals surface area contributed by atoms with Gasteiger partial charge in [0.2, 0.25) is 0 Å². The van der Waals surface area contributed by atoms with Crippen LogP contribution in [0.25, 0.3) is 10.9 Å². The van der Waals surface area contributed by atoms with E-state index in [1.54, 1.807) is 24.3 Å². The zero-order chi connectivity index (χ0) is 19.7. The van der Waals surface area contributed by atoms with Gasteiger partial charge in [0.15, 0.2) is 0 Å². The lowest BCUT2D eigenvalue weighted by Gasteiger charge is -2.10. The van der Waals surface area contributed by atoms with Gasteiger partial charge in [-0.15, -0.1) is 0 Å². The number of carbonyl (C=O) groups is 1. The van der Waals surface area contributed by atoms with E-state index in [1.807, 2.05) is 25.1 Å². The molecule has 0 aliphatic heterocycles. The van der Waals surface area contributed by atoms with E-state index in [4.69, 9.17) is 4.42 Å². The number of carbonyl (C=O) groups excluding carboxylic acids is 1. The Morgan fingerprint density at radius 1 is 1.18 bits per heavy atom. The molecule has 0 saturated heterocycles. The summed E-state index contributed by atoms with van der Waals surface area (Å²) < 4.78 is 6.10. The van der Waals surface area contributed by atoms with Gasteiger partial charge in [-0.05, 0) is 43.3 Å². The van der Waals surface area contributed by atoms with E-state index in [0.717, 1.165) is 27.4 Å². The fourth-order valence-electron chi connectivity index (χ4n) is 2.93. The van der Waals surface area contributed by atoms with Crippen molar-refractivity contribution < 1.29 is 9.21 Å². The first-order valence-corrected chi connectivity index (χ1v) is 8.55. The van der Waals surface area contributed by atoms with Crippen molar-refractivity contribution in [3.63, 3.8) is 0 Å². The van der Waals surface area contributed by atoms with Crippen LogP contribution in [0.3, 0.4) is 0 Å². The Hall–Kier alpha value is -3.94. The van der Waals surface area contributed by atoms with E-state index in [-0.39, 0.29) is 12.1 Å². The molecule has 3 aromatic heterocycles. The number of benzene rings is 1. The summed E-state index contributed by atoms with van der Waals surface area (Å²) in [5.74, 6) is -0.192. The molecule has 2 N–H and O–H groups in total. The van der Waals surface area contributed by atoms with Crippen molar-refractivity contribution in [2.75, 3.05) is 5.32 Å². The van der Waals surface area contributed by atoms with E-state index < -0.39 is 17.2 Å². The summed E-state index contributed by atoms with van der Waals surface area (Å²) in [6, 6.07) is 12.3. The topological polar surface area (TPSA) is 110 Å². The highest BCUT2D eigenvalue weighted by atomic mass is 16.3. The maximum atomic E-state index is 12.7. The molecule has 0 unspecified atom stereocenters. The SMILES string of the molecule is Cc1ccc2c(NC(=O)c3c[nH]c(=O)n(Cc4ccco4)c3=O)cccc2n1. The maximum absolute atomic E-state index is 12.7. The second kappa shape index (κ2) is 6.99. The second-order valence-corrected chi connectivity index (χ2v) is 6.26. The van der Waals surface area contributed by atoms with Crippen LogP contribution in [0.2, 0.25) is 0 Å². The zero-order valence-electron chi connectivity index (χ0n) is 14.9. The summed E-state index contributed by atoms with van der Waals surface area (Å²) in [5.41, 5.74) is 0.614. The molecule has 4 aromatic rings. The van der Waals surface area contributed by atoms with E-state index >= 15 is 0 Å². The molecule has 0 saturated carbocycles. The lowest BCUT2D eigenvalue weighted by Crippen LogP contribution is -2.39. The van der Waals surface area contributed by atoms with E-state index in [0.29, 0.717) is 11.4 Å². The maximum Gasteiger partial charge on any atom is 0.328 e. The average molecular weight is 376 g/mol. The Labute approximate surface area is 158 Å². The van der Waals surface area contributed by atoms with Crippen LogP contribution in [0.1, 0.15) is 21.8 Å². The van der Waals surface area contributed by atoms with Gasteiger partial charge in [-0.2, -0.15) is 0 Å². The standard InChI is InChI=1S/C20H16N4O4/c1-12-7-8-14-16(22-12)5-2-6-17(14)23-18(25)15-10-21-20(27)24(19(15)26)11-13-4-3-9-28-13/h2-10H,11H2,1H3,(H,21,27)(H,23,25). The van der Waals surface area contributed by atoms with Gasteiger partial charge in [-0.3, -0.25) is 19.1 Å². The van der Waals surface area contributed by atoms with Crippen LogP contribution in [-0.4, -0.2) is 20.4 Å². The minimum Gasteiger partial charge on any atom is -0.467 e. The minimum atomic E-state index is -0.702. The summed E-state index contributed by atoms with van der Waals surface area (Å²) in [7, 11) is 0. The molecule has 3 heterocycles. The molecule has 8 nitrogen and oxygen atoms in total. The van der Waals surface area contributed by atoms with Crippen molar-refractivity contribution in [2.24, 2.45) is 0 Å². The number of rotatable bonds is 4. The van der Waals surface area contributed by atoms with Crippen LogP contribution >= 0.6 is 0 Å². The van der Waals surface area contributed by atoms with Gasteiger partial charge in [0.1, 0.15) is 11.3 Å². The molecule has 8 heteroatoms.